The largest absolute Gasteiger partial charge is 0.352 e. The average molecular weight is 298 g/mol. The Morgan fingerprint density at radius 2 is 1.80 bits per heavy atom. The first-order valence-electron chi connectivity index (χ1n) is 7.47. The fourth-order valence-corrected chi connectivity index (χ4v) is 2.78. The van der Waals surface area contributed by atoms with E-state index in [0.29, 0.717) is 23.9 Å². The predicted molar refractivity (Wildman–Crippen MR) is 83.4 cm³/mol. The van der Waals surface area contributed by atoms with Crippen LogP contribution in [-0.2, 0) is 0 Å². The van der Waals surface area contributed by atoms with Crippen LogP contribution in [0.25, 0.3) is 0 Å². The maximum Gasteiger partial charge on any atom is 0.231 e. The average Bonchev–Trinajstić information content (AvgIpc) is 2.38. The molecule has 0 bridgehead atoms. The van der Waals surface area contributed by atoms with Crippen LogP contribution in [0, 0.1) is 5.92 Å². The van der Waals surface area contributed by atoms with E-state index in [1.54, 1.807) is 0 Å². The van der Waals surface area contributed by atoms with Crippen LogP contribution in [0.5, 0.6) is 0 Å². The lowest BCUT2D eigenvalue weighted by atomic mass is 10.1. The molecule has 2 rings (SSSR count). The summed E-state index contributed by atoms with van der Waals surface area (Å²) in [5.74, 6) is 1.92. The molecule has 5 nitrogen and oxygen atoms in total. The molecule has 20 heavy (non-hydrogen) atoms. The molecule has 1 aromatic heterocycles. The molecule has 2 heterocycles. The van der Waals surface area contributed by atoms with E-state index in [4.69, 9.17) is 11.6 Å². The monoisotopic (exact) mass is 297 g/mol. The van der Waals surface area contributed by atoms with Crippen LogP contribution in [0.15, 0.2) is 0 Å². The van der Waals surface area contributed by atoms with Crippen molar-refractivity contribution in [3.63, 3.8) is 0 Å². The molecule has 0 spiro atoms. The maximum atomic E-state index is 6.03. The maximum absolute atomic E-state index is 6.03. The summed E-state index contributed by atoms with van der Waals surface area (Å²) in [6.07, 6.45) is 4.74. The van der Waals surface area contributed by atoms with Crippen LogP contribution >= 0.6 is 11.6 Å². The Balaban J connectivity index is 2.07. The van der Waals surface area contributed by atoms with Gasteiger partial charge < -0.3 is 10.2 Å². The third-order valence-electron chi connectivity index (χ3n) is 3.44. The molecule has 1 saturated heterocycles. The zero-order valence-electron chi connectivity index (χ0n) is 12.6. The molecule has 1 aromatic rings. The molecule has 0 saturated carbocycles. The SMILES string of the molecule is CC(C)CC(C)Nc1nc(Cl)nc(N2CCCCC2)n1. The Bertz CT molecular complexity index is 432. The van der Waals surface area contributed by atoms with Gasteiger partial charge in [0.1, 0.15) is 0 Å². The molecule has 0 amide bonds. The minimum atomic E-state index is 0.264. The van der Waals surface area contributed by atoms with E-state index in [2.05, 4.69) is 45.9 Å². The van der Waals surface area contributed by atoms with Crippen LogP contribution in [0.2, 0.25) is 5.28 Å². The summed E-state index contributed by atoms with van der Waals surface area (Å²) >= 11 is 6.03. The van der Waals surface area contributed by atoms with Gasteiger partial charge in [-0.1, -0.05) is 13.8 Å². The molecule has 1 aliphatic heterocycles. The van der Waals surface area contributed by atoms with Gasteiger partial charge >= 0.3 is 0 Å². The minimum absolute atomic E-state index is 0.264. The number of anilines is 2. The molecule has 1 atom stereocenters. The second-order valence-corrected chi connectivity index (χ2v) is 6.29. The van der Waals surface area contributed by atoms with Crippen molar-refractivity contribution in [1.29, 1.82) is 0 Å². The van der Waals surface area contributed by atoms with Gasteiger partial charge in [-0.15, -0.1) is 0 Å². The first kappa shape index (κ1) is 15.3. The van der Waals surface area contributed by atoms with Crippen molar-refractivity contribution in [2.75, 3.05) is 23.3 Å². The van der Waals surface area contributed by atoms with Gasteiger partial charge in [0.05, 0.1) is 0 Å². The zero-order chi connectivity index (χ0) is 14.5. The smallest absolute Gasteiger partial charge is 0.231 e. The van der Waals surface area contributed by atoms with E-state index in [1.165, 1.54) is 19.3 Å². The molecule has 0 aliphatic carbocycles. The zero-order valence-corrected chi connectivity index (χ0v) is 13.3. The van der Waals surface area contributed by atoms with Gasteiger partial charge in [0.25, 0.3) is 0 Å². The van der Waals surface area contributed by atoms with Crippen molar-refractivity contribution in [2.45, 2.75) is 52.5 Å². The molecule has 1 fully saturated rings. The second kappa shape index (κ2) is 7.07. The van der Waals surface area contributed by atoms with E-state index in [-0.39, 0.29) is 5.28 Å². The normalized spacial score (nSPS) is 17.4. The number of aromatic nitrogens is 3. The van der Waals surface area contributed by atoms with Crippen LogP contribution in [0.4, 0.5) is 11.9 Å². The van der Waals surface area contributed by atoms with Crippen molar-refractivity contribution < 1.29 is 0 Å². The molecular formula is C14H24ClN5. The van der Waals surface area contributed by atoms with Gasteiger partial charge in [0.15, 0.2) is 0 Å². The highest BCUT2D eigenvalue weighted by Crippen LogP contribution is 2.19. The van der Waals surface area contributed by atoms with Crippen LogP contribution < -0.4 is 10.2 Å². The number of hydrogen-bond donors (Lipinski definition) is 1. The number of nitrogens with zero attached hydrogens (tertiary/aromatic N) is 4. The van der Waals surface area contributed by atoms with Crippen molar-refractivity contribution in [3.8, 4) is 0 Å². The summed E-state index contributed by atoms with van der Waals surface area (Å²) in [7, 11) is 0. The number of piperidine rings is 1. The van der Waals surface area contributed by atoms with Crippen molar-refractivity contribution in [3.05, 3.63) is 5.28 Å². The third kappa shape index (κ3) is 4.47. The standard InChI is InChI=1S/C14H24ClN5/c1-10(2)9-11(3)16-13-17-12(15)18-14(19-13)20-7-5-4-6-8-20/h10-11H,4-9H2,1-3H3,(H,16,17,18,19). The predicted octanol–water partition coefficient (Wildman–Crippen LogP) is 3.36. The van der Waals surface area contributed by atoms with E-state index in [9.17, 15) is 0 Å². The fraction of sp³-hybridized carbons (Fsp3) is 0.786. The first-order chi connectivity index (χ1) is 9.54. The number of halogens is 1. The Hall–Kier alpha value is -1.10. The van der Waals surface area contributed by atoms with Crippen LogP contribution in [-0.4, -0.2) is 34.1 Å². The molecular weight excluding hydrogens is 274 g/mol. The van der Waals surface area contributed by atoms with Gasteiger partial charge in [-0.2, -0.15) is 15.0 Å². The Kier molecular flexibility index (Phi) is 5.40. The van der Waals surface area contributed by atoms with E-state index in [0.717, 1.165) is 19.5 Å². The number of nitrogens with one attached hydrogen (secondary N) is 1. The summed E-state index contributed by atoms with van der Waals surface area (Å²) in [4.78, 5) is 15.1. The van der Waals surface area contributed by atoms with Crippen molar-refractivity contribution in [1.82, 2.24) is 15.0 Å². The van der Waals surface area contributed by atoms with Crippen molar-refractivity contribution >= 4 is 23.5 Å². The fourth-order valence-electron chi connectivity index (χ4n) is 2.63. The van der Waals surface area contributed by atoms with Gasteiger partial charge in [0.2, 0.25) is 17.2 Å². The summed E-state index contributed by atoms with van der Waals surface area (Å²) in [5.41, 5.74) is 0. The summed E-state index contributed by atoms with van der Waals surface area (Å²) in [6.45, 7) is 8.55. The Morgan fingerprint density at radius 3 is 2.45 bits per heavy atom. The molecule has 1 unspecified atom stereocenters. The van der Waals surface area contributed by atoms with Gasteiger partial charge in [-0.05, 0) is 50.1 Å². The topological polar surface area (TPSA) is 53.9 Å². The molecule has 0 radical (unpaired) electrons. The van der Waals surface area contributed by atoms with Gasteiger partial charge in [0, 0.05) is 19.1 Å². The Morgan fingerprint density at radius 1 is 1.10 bits per heavy atom. The van der Waals surface area contributed by atoms with E-state index in [1.807, 2.05) is 0 Å². The summed E-state index contributed by atoms with van der Waals surface area (Å²) in [6, 6.07) is 0.322. The van der Waals surface area contributed by atoms with E-state index < -0.39 is 0 Å². The Labute approximate surface area is 126 Å². The lowest BCUT2D eigenvalue weighted by molar-refractivity contribution is 0.536. The third-order valence-corrected chi connectivity index (χ3v) is 3.60. The summed E-state index contributed by atoms with van der Waals surface area (Å²) < 4.78 is 0. The first-order valence-corrected chi connectivity index (χ1v) is 7.85. The van der Waals surface area contributed by atoms with Gasteiger partial charge in [-0.3, -0.25) is 0 Å². The molecule has 1 N–H and O–H groups in total. The highest BCUT2D eigenvalue weighted by molar-refractivity contribution is 6.28. The second-order valence-electron chi connectivity index (χ2n) is 5.95. The number of rotatable bonds is 5. The van der Waals surface area contributed by atoms with E-state index >= 15 is 0 Å². The molecule has 6 heteroatoms. The lowest BCUT2D eigenvalue weighted by Crippen LogP contribution is -2.31. The highest BCUT2D eigenvalue weighted by Gasteiger charge is 2.16. The minimum Gasteiger partial charge on any atom is -0.352 e. The van der Waals surface area contributed by atoms with Crippen molar-refractivity contribution in [2.24, 2.45) is 5.92 Å². The molecule has 0 aromatic carbocycles. The quantitative estimate of drug-likeness (QED) is 0.903. The molecule has 112 valence electrons. The summed E-state index contributed by atoms with van der Waals surface area (Å²) in [5, 5.41) is 3.58. The number of hydrogen-bond acceptors (Lipinski definition) is 5. The van der Waals surface area contributed by atoms with Crippen LogP contribution in [0.1, 0.15) is 46.5 Å². The lowest BCUT2D eigenvalue weighted by Gasteiger charge is -2.27. The molecule has 1 aliphatic rings. The highest BCUT2D eigenvalue weighted by atomic mass is 35.5. The van der Waals surface area contributed by atoms with Crippen LogP contribution in [0.3, 0.4) is 0 Å². The van der Waals surface area contributed by atoms with Gasteiger partial charge in [-0.25, -0.2) is 0 Å².